The summed E-state index contributed by atoms with van der Waals surface area (Å²) in [4.78, 5) is 15.6. The molecular weight excluding hydrogens is 220 g/mol. The highest BCUT2D eigenvalue weighted by molar-refractivity contribution is 6.65. The summed E-state index contributed by atoms with van der Waals surface area (Å²) in [6, 6.07) is 9.08. The molecule has 0 saturated carbocycles. The van der Waals surface area contributed by atoms with Crippen molar-refractivity contribution in [1.82, 2.24) is 0 Å². The third-order valence-electron chi connectivity index (χ3n) is 1.96. The highest BCUT2D eigenvalue weighted by Crippen LogP contribution is 2.10. The minimum atomic E-state index is -0.688. The van der Waals surface area contributed by atoms with Gasteiger partial charge in [-0.25, -0.2) is 4.79 Å². The number of aliphatic imine (C=N–C) groups is 1. The number of nitrogens with zero attached hydrogens (tertiary/aromatic N) is 2. The van der Waals surface area contributed by atoms with Gasteiger partial charge in [0.05, 0.1) is 18.0 Å². The summed E-state index contributed by atoms with van der Waals surface area (Å²) in [5, 5.41) is 11.7. The van der Waals surface area contributed by atoms with E-state index < -0.39 is 5.97 Å². The van der Waals surface area contributed by atoms with E-state index in [2.05, 4.69) is 10.1 Å². The Bertz CT molecular complexity index is 438. The van der Waals surface area contributed by atoms with Crippen LogP contribution in [0.4, 0.5) is 5.69 Å². The average molecular weight is 234 g/mol. The summed E-state index contributed by atoms with van der Waals surface area (Å²) in [5.41, 5.74) is 0.795. The molecule has 0 spiro atoms. The zero-order valence-electron chi connectivity index (χ0n) is 9.75. The second-order valence-corrected chi connectivity index (χ2v) is 3.20. The van der Waals surface area contributed by atoms with Crippen molar-refractivity contribution in [3.63, 3.8) is 0 Å². The molecule has 0 heterocycles. The summed E-state index contributed by atoms with van der Waals surface area (Å²) in [6.07, 6.45) is 0. The van der Waals surface area contributed by atoms with Crippen molar-refractivity contribution in [1.29, 1.82) is 0 Å². The summed E-state index contributed by atoms with van der Waals surface area (Å²) in [6.45, 7) is 3.48. The van der Waals surface area contributed by atoms with Gasteiger partial charge in [0.2, 0.25) is 5.71 Å². The molecular formula is C12H14N2O3. The van der Waals surface area contributed by atoms with Crippen LogP contribution in [0.3, 0.4) is 0 Å². The average Bonchev–Trinajstić information content (AvgIpc) is 2.31. The standard InChI is InChI=1S/C12H14N2O3/c1-3-17-12(15)11(14-16)9(2)13-10-7-5-4-6-8-10/h4-8,16H,3H2,1-2H3/b13-9+,14-11-. The van der Waals surface area contributed by atoms with E-state index in [0.717, 1.165) is 0 Å². The van der Waals surface area contributed by atoms with Gasteiger partial charge < -0.3 is 9.94 Å². The second kappa shape index (κ2) is 6.42. The van der Waals surface area contributed by atoms with E-state index in [9.17, 15) is 4.79 Å². The molecule has 5 nitrogen and oxygen atoms in total. The second-order valence-electron chi connectivity index (χ2n) is 3.20. The molecule has 0 fully saturated rings. The van der Waals surface area contributed by atoms with E-state index >= 15 is 0 Å². The predicted octanol–water partition coefficient (Wildman–Crippen LogP) is 2.17. The van der Waals surface area contributed by atoms with Crippen LogP contribution in [-0.4, -0.2) is 29.2 Å². The molecule has 0 bridgehead atoms. The van der Waals surface area contributed by atoms with E-state index in [0.29, 0.717) is 11.4 Å². The van der Waals surface area contributed by atoms with Gasteiger partial charge in [0.1, 0.15) is 0 Å². The third kappa shape index (κ3) is 3.71. The fourth-order valence-corrected chi connectivity index (χ4v) is 1.21. The maximum atomic E-state index is 11.4. The largest absolute Gasteiger partial charge is 0.461 e. The highest BCUT2D eigenvalue weighted by atomic mass is 16.5. The zero-order chi connectivity index (χ0) is 12.7. The Morgan fingerprint density at radius 1 is 1.35 bits per heavy atom. The first-order valence-corrected chi connectivity index (χ1v) is 5.19. The number of benzene rings is 1. The summed E-state index contributed by atoms with van der Waals surface area (Å²) < 4.78 is 4.74. The Morgan fingerprint density at radius 2 is 2.00 bits per heavy atom. The van der Waals surface area contributed by atoms with Crippen molar-refractivity contribution < 1.29 is 14.7 Å². The molecule has 5 heteroatoms. The molecule has 90 valence electrons. The maximum Gasteiger partial charge on any atom is 0.362 e. The number of oxime groups is 1. The number of carbonyl (C=O) groups excluding carboxylic acids is 1. The summed E-state index contributed by atoms with van der Waals surface area (Å²) in [5.74, 6) is -0.688. The Kier molecular flexibility index (Phi) is 4.87. The first kappa shape index (κ1) is 12.9. The van der Waals surface area contributed by atoms with E-state index in [4.69, 9.17) is 9.94 Å². The number of hydrogen-bond donors (Lipinski definition) is 1. The molecule has 0 aliphatic heterocycles. The normalized spacial score (nSPS) is 12.4. The monoisotopic (exact) mass is 234 g/mol. The fourth-order valence-electron chi connectivity index (χ4n) is 1.21. The van der Waals surface area contributed by atoms with Crippen LogP contribution in [0.15, 0.2) is 40.5 Å². The Morgan fingerprint density at radius 3 is 2.53 bits per heavy atom. The van der Waals surface area contributed by atoms with Crippen LogP contribution >= 0.6 is 0 Å². The lowest BCUT2D eigenvalue weighted by Gasteiger charge is -2.03. The van der Waals surface area contributed by atoms with Crippen LogP contribution in [0.5, 0.6) is 0 Å². The van der Waals surface area contributed by atoms with Gasteiger partial charge in [-0.05, 0) is 26.0 Å². The Balaban J connectivity index is 2.91. The van der Waals surface area contributed by atoms with Gasteiger partial charge in [-0.15, -0.1) is 0 Å². The van der Waals surface area contributed by atoms with E-state index in [1.165, 1.54) is 0 Å². The summed E-state index contributed by atoms with van der Waals surface area (Å²) >= 11 is 0. The molecule has 0 aliphatic rings. The van der Waals surface area contributed by atoms with Crippen LogP contribution in [0, 0.1) is 0 Å². The number of para-hydroxylation sites is 1. The highest BCUT2D eigenvalue weighted by Gasteiger charge is 2.16. The molecule has 0 radical (unpaired) electrons. The first-order chi connectivity index (χ1) is 8.19. The van der Waals surface area contributed by atoms with E-state index in [1.54, 1.807) is 26.0 Å². The molecule has 0 aromatic heterocycles. The topological polar surface area (TPSA) is 71.2 Å². The molecule has 1 rings (SSSR count). The summed E-state index contributed by atoms with van der Waals surface area (Å²) in [7, 11) is 0. The van der Waals surface area contributed by atoms with Crippen molar-refractivity contribution in [3.05, 3.63) is 30.3 Å². The first-order valence-electron chi connectivity index (χ1n) is 5.19. The van der Waals surface area contributed by atoms with Crippen LogP contribution in [0.2, 0.25) is 0 Å². The Labute approximate surface area is 99.4 Å². The SMILES string of the molecule is CCOC(=O)C(=N\O)/C(C)=N/c1ccccc1. The lowest BCUT2D eigenvalue weighted by atomic mass is 10.2. The van der Waals surface area contributed by atoms with E-state index in [1.807, 2.05) is 18.2 Å². The number of ether oxygens (including phenoxy) is 1. The minimum Gasteiger partial charge on any atom is -0.461 e. The van der Waals surface area contributed by atoms with Crippen LogP contribution in [0.25, 0.3) is 0 Å². The molecule has 1 N–H and O–H groups in total. The number of rotatable bonds is 4. The van der Waals surface area contributed by atoms with E-state index in [-0.39, 0.29) is 12.3 Å². The molecule has 0 saturated heterocycles. The molecule has 0 amide bonds. The van der Waals surface area contributed by atoms with Crippen molar-refractivity contribution in [3.8, 4) is 0 Å². The number of esters is 1. The van der Waals surface area contributed by atoms with Gasteiger partial charge in [-0.3, -0.25) is 4.99 Å². The quantitative estimate of drug-likeness (QED) is 0.375. The molecule has 0 unspecified atom stereocenters. The van der Waals surface area contributed by atoms with Crippen LogP contribution in [0.1, 0.15) is 13.8 Å². The minimum absolute atomic E-state index is 0.185. The smallest absolute Gasteiger partial charge is 0.362 e. The molecule has 0 aliphatic carbocycles. The third-order valence-corrected chi connectivity index (χ3v) is 1.96. The van der Waals surface area contributed by atoms with Crippen LogP contribution in [-0.2, 0) is 9.53 Å². The number of hydrogen-bond acceptors (Lipinski definition) is 5. The van der Waals surface area contributed by atoms with Gasteiger partial charge in [0, 0.05) is 0 Å². The maximum absolute atomic E-state index is 11.4. The predicted molar refractivity (Wildman–Crippen MR) is 65.1 cm³/mol. The molecule has 17 heavy (non-hydrogen) atoms. The number of carbonyl (C=O) groups is 1. The van der Waals surface area contributed by atoms with Gasteiger partial charge in [-0.2, -0.15) is 0 Å². The molecule has 0 atom stereocenters. The van der Waals surface area contributed by atoms with Gasteiger partial charge in [0.25, 0.3) is 0 Å². The van der Waals surface area contributed by atoms with Crippen molar-refractivity contribution in [2.45, 2.75) is 13.8 Å². The van der Waals surface area contributed by atoms with Crippen molar-refractivity contribution in [2.24, 2.45) is 10.1 Å². The zero-order valence-corrected chi connectivity index (χ0v) is 9.75. The molecule has 1 aromatic rings. The van der Waals surface area contributed by atoms with Crippen molar-refractivity contribution >= 4 is 23.1 Å². The Hall–Kier alpha value is -2.17. The lowest BCUT2D eigenvalue weighted by Crippen LogP contribution is -2.24. The molecule has 1 aromatic carbocycles. The fraction of sp³-hybridized carbons (Fsp3) is 0.250. The van der Waals surface area contributed by atoms with Crippen LogP contribution < -0.4 is 0 Å². The van der Waals surface area contributed by atoms with Gasteiger partial charge in [0.15, 0.2) is 0 Å². The van der Waals surface area contributed by atoms with Gasteiger partial charge in [-0.1, -0.05) is 23.4 Å². The lowest BCUT2D eigenvalue weighted by molar-refractivity contribution is -0.134. The van der Waals surface area contributed by atoms with Crippen molar-refractivity contribution in [2.75, 3.05) is 6.61 Å². The van der Waals surface area contributed by atoms with Gasteiger partial charge >= 0.3 is 5.97 Å².